The fourth-order valence-electron chi connectivity index (χ4n) is 3.09. The van der Waals surface area contributed by atoms with E-state index >= 15 is 0 Å². The second-order valence-electron chi connectivity index (χ2n) is 6.24. The summed E-state index contributed by atoms with van der Waals surface area (Å²) in [5.41, 5.74) is 0.301. The number of aromatic nitrogens is 3. The molecule has 2 aliphatic rings. The van der Waals surface area contributed by atoms with Gasteiger partial charge >= 0.3 is 0 Å². The van der Waals surface area contributed by atoms with Crippen LogP contribution in [0.1, 0.15) is 42.2 Å². The van der Waals surface area contributed by atoms with Gasteiger partial charge in [-0.3, -0.25) is 4.79 Å². The molecule has 1 atom stereocenters. The Kier molecular flexibility index (Phi) is 4.96. The molecule has 3 rings (SSSR count). The van der Waals surface area contributed by atoms with Gasteiger partial charge in [0, 0.05) is 19.8 Å². The van der Waals surface area contributed by atoms with Crippen molar-refractivity contribution >= 4 is 15.7 Å². The van der Waals surface area contributed by atoms with E-state index < -0.39 is 9.84 Å². The van der Waals surface area contributed by atoms with E-state index in [0.29, 0.717) is 38.3 Å². The van der Waals surface area contributed by atoms with Gasteiger partial charge in [0.05, 0.1) is 23.7 Å². The molecular formula is C14H22N4O4S. The molecule has 9 heteroatoms. The lowest BCUT2D eigenvalue weighted by molar-refractivity contribution is 0.0657. The fourth-order valence-corrected chi connectivity index (χ4v) is 5.00. The number of amides is 1. The Balaban J connectivity index is 1.46. The van der Waals surface area contributed by atoms with Crippen LogP contribution in [-0.4, -0.2) is 60.6 Å². The summed E-state index contributed by atoms with van der Waals surface area (Å²) in [6.07, 6.45) is 4.80. The van der Waals surface area contributed by atoms with Crippen LogP contribution in [-0.2, 0) is 14.6 Å². The summed E-state index contributed by atoms with van der Waals surface area (Å²) in [7, 11) is -2.86. The first-order valence-electron chi connectivity index (χ1n) is 8.02. The van der Waals surface area contributed by atoms with Crippen LogP contribution in [0.3, 0.4) is 0 Å². The molecule has 2 aliphatic heterocycles. The van der Waals surface area contributed by atoms with E-state index in [2.05, 4.69) is 15.6 Å². The molecular weight excluding hydrogens is 320 g/mol. The van der Waals surface area contributed by atoms with Gasteiger partial charge in [-0.2, -0.15) is 0 Å². The first-order chi connectivity index (χ1) is 11.0. The number of sulfone groups is 1. The Morgan fingerprint density at radius 3 is 2.83 bits per heavy atom. The summed E-state index contributed by atoms with van der Waals surface area (Å²) in [6, 6.07) is 0.237. The van der Waals surface area contributed by atoms with E-state index in [1.165, 1.54) is 0 Å². The fraction of sp³-hybridized carbons (Fsp3) is 0.786. The lowest BCUT2D eigenvalue weighted by Gasteiger charge is -2.21. The third-order valence-corrected chi connectivity index (χ3v) is 6.31. The second kappa shape index (κ2) is 6.96. The number of hydrogen-bond donors (Lipinski definition) is 1. The molecule has 0 saturated carbocycles. The second-order valence-corrected chi connectivity index (χ2v) is 8.47. The molecule has 1 aromatic heterocycles. The predicted molar refractivity (Wildman–Crippen MR) is 82.8 cm³/mol. The van der Waals surface area contributed by atoms with Gasteiger partial charge in [-0.15, -0.1) is 5.10 Å². The molecule has 2 saturated heterocycles. The maximum Gasteiger partial charge on any atom is 0.273 e. The third kappa shape index (κ3) is 4.29. The van der Waals surface area contributed by atoms with Gasteiger partial charge in [0.15, 0.2) is 15.5 Å². The Morgan fingerprint density at radius 1 is 1.35 bits per heavy atom. The zero-order valence-corrected chi connectivity index (χ0v) is 13.8. The standard InChI is InChI=1S/C14H22N4O4S/c19-14(15-5-1-11-4-8-23(20,21)10-11)13-9-18(17-16-13)12-2-6-22-7-3-12/h9,11-12H,1-8,10H2,(H,15,19). The number of rotatable bonds is 5. The zero-order valence-electron chi connectivity index (χ0n) is 13.0. The molecule has 128 valence electrons. The van der Waals surface area contributed by atoms with Crippen LogP contribution >= 0.6 is 0 Å². The van der Waals surface area contributed by atoms with Gasteiger partial charge < -0.3 is 10.1 Å². The molecule has 1 unspecified atom stereocenters. The molecule has 23 heavy (non-hydrogen) atoms. The van der Waals surface area contributed by atoms with Crippen molar-refractivity contribution in [1.82, 2.24) is 20.3 Å². The van der Waals surface area contributed by atoms with Gasteiger partial charge in [-0.05, 0) is 31.6 Å². The van der Waals surface area contributed by atoms with E-state index in [1.807, 2.05) is 0 Å². The van der Waals surface area contributed by atoms with Crippen LogP contribution in [0.2, 0.25) is 0 Å². The summed E-state index contributed by atoms with van der Waals surface area (Å²) in [5.74, 6) is 0.399. The van der Waals surface area contributed by atoms with Crippen molar-refractivity contribution in [1.29, 1.82) is 0 Å². The first kappa shape index (κ1) is 16.4. The molecule has 0 bridgehead atoms. The number of carbonyl (C=O) groups excluding carboxylic acids is 1. The summed E-state index contributed by atoms with van der Waals surface area (Å²) >= 11 is 0. The van der Waals surface area contributed by atoms with Gasteiger partial charge in [-0.25, -0.2) is 13.1 Å². The Morgan fingerprint density at radius 2 is 2.13 bits per heavy atom. The molecule has 0 aliphatic carbocycles. The molecule has 1 N–H and O–H groups in total. The van der Waals surface area contributed by atoms with Crippen molar-refractivity contribution in [2.75, 3.05) is 31.3 Å². The molecule has 3 heterocycles. The number of nitrogens with zero attached hydrogens (tertiary/aromatic N) is 3. The molecule has 0 aromatic carbocycles. The molecule has 1 amide bonds. The average molecular weight is 342 g/mol. The van der Waals surface area contributed by atoms with Crippen LogP contribution in [0.5, 0.6) is 0 Å². The highest BCUT2D eigenvalue weighted by molar-refractivity contribution is 7.91. The van der Waals surface area contributed by atoms with Gasteiger partial charge in [0.25, 0.3) is 5.91 Å². The highest BCUT2D eigenvalue weighted by atomic mass is 32.2. The van der Waals surface area contributed by atoms with Crippen molar-refractivity contribution in [3.8, 4) is 0 Å². The van der Waals surface area contributed by atoms with Crippen molar-refractivity contribution in [2.45, 2.75) is 31.7 Å². The Bertz CT molecular complexity index is 651. The van der Waals surface area contributed by atoms with Crippen LogP contribution in [0.25, 0.3) is 0 Å². The first-order valence-corrected chi connectivity index (χ1v) is 9.84. The molecule has 0 spiro atoms. The van der Waals surface area contributed by atoms with Gasteiger partial charge in [0.2, 0.25) is 0 Å². The van der Waals surface area contributed by atoms with Crippen LogP contribution in [0, 0.1) is 5.92 Å². The maximum atomic E-state index is 12.1. The Labute approximate surface area is 135 Å². The predicted octanol–water partition coefficient (Wildman–Crippen LogP) is 0.184. The lowest BCUT2D eigenvalue weighted by Crippen LogP contribution is -2.26. The number of hydrogen-bond acceptors (Lipinski definition) is 6. The minimum absolute atomic E-state index is 0.151. The molecule has 0 radical (unpaired) electrons. The number of carbonyl (C=O) groups is 1. The average Bonchev–Trinajstić information content (AvgIpc) is 3.15. The van der Waals surface area contributed by atoms with E-state index in [4.69, 9.17) is 4.74 Å². The smallest absolute Gasteiger partial charge is 0.273 e. The summed E-state index contributed by atoms with van der Waals surface area (Å²) < 4.78 is 29.8. The van der Waals surface area contributed by atoms with Gasteiger partial charge in [0.1, 0.15) is 0 Å². The summed E-state index contributed by atoms with van der Waals surface area (Å²) in [4.78, 5) is 12.1. The molecule has 1 aromatic rings. The zero-order chi connectivity index (χ0) is 16.3. The lowest BCUT2D eigenvalue weighted by atomic mass is 10.1. The van der Waals surface area contributed by atoms with Crippen LogP contribution in [0.15, 0.2) is 6.20 Å². The monoisotopic (exact) mass is 342 g/mol. The molecule has 8 nitrogen and oxygen atoms in total. The van der Waals surface area contributed by atoms with E-state index in [0.717, 1.165) is 12.8 Å². The van der Waals surface area contributed by atoms with Crippen molar-refractivity contribution in [3.05, 3.63) is 11.9 Å². The minimum Gasteiger partial charge on any atom is -0.381 e. The van der Waals surface area contributed by atoms with Crippen molar-refractivity contribution in [2.24, 2.45) is 5.92 Å². The van der Waals surface area contributed by atoms with Crippen LogP contribution < -0.4 is 5.32 Å². The topological polar surface area (TPSA) is 103 Å². The Hall–Kier alpha value is -1.48. The number of ether oxygens (including phenoxy) is 1. The largest absolute Gasteiger partial charge is 0.381 e. The molecule has 2 fully saturated rings. The summed E-state index contributed by atoms with van der Waals surface area (Å²) in [6.45, 7) is 1.87. The minimum atomic E-state index is -2.86. The normalized spacial score (nSPS) is 24.6. The SMILES string of the molecule is O=C(NCCC1CCS(=O)(=O)C1)c1cn(C2CCOCC2)nn1. The van der Waals surface area contributed by atoms with Gasteiger partial charge in [-0.1, -0.05) is 5.21 Å². The third-order valence-electron chi connectivity index (χ3n) is 4.47. The van der Waals surface area contributed by atoms with E-state index in [-0.39, 0.29) is 29.4 Å². The van der Waals surface area contributed by atoms with E-state index in [9.17, 15) is 13.2 Å². The number of nitrogens with one attached hydrogen (secondary N) is 1. The highest BCUT2D eigenvalue weighted by Crippen LogP contribution is 2.21. The maximum absolute atomic E-state index is 12.1. The van der Waals surface area contributed by atoms with E-state index in [1.54, 1.807) is 10.9 Å². The van der Waals surface area contributed by atoms with Crippen molar-refractivity contribution < 1.29 is 17.9 Å². The highest BCUT2D eigenvalue weighted by Gasteiger charge is 2.27. The van der Waals surface area contributed by atoms with Crippen molar-refractivity contribution in [3.63, 3.8) is 0 Å². The quantitative estimate of drug-likeness (QED) is 0.819. The van der Waals surface area contributed by atoms with Crippen LogP contribution in [0.4, 0.5) is 0 Å². The summed E-state index contributed by atoms with van der Waals surface area (Å²) in [5, 5.41) is 10.8.